The lowest BCUT2D eigenvalue weighted by Gasteiger charge is -2.61. The first kappa shape index (κ1) is 13.7. The van der Waals surface area contributed by atoms with Gasteiger partial charge in [-0.25, -0.2) is 4.79 Å². The number of aliphatic hydroxyl groups is 1. The Morgan fingerprint density at radius 2 is 2.00 bits per heavy atom. The van der Waals surface area contributed by atoms with E-state index in [1.54, 1.807) is 0 Å². The van der Waals surface area contributed by atoms with E-state index in [2.05, 4.69) is 0 Å². The minimum Gasteiger partial charge on any atom is -0.444 e. The summed E-state index contributed by atoms with van der Waals surface area (Å²) in [5, 5.41) is 10.1. The maximum atomic E-state index is 12.2. The molecule has 4 nitrogen and oxygen atoms in total. The summed E-state index contributed by atoms with van der Waals surface area (Å²) >= 11 is 0. The monoisotopic (exact) mass is 255 g/mol. The van der Waals surface area contributed by atoms with Crippen LogP contribution in [-0.2, 0) is 4.74 Å². The highest BCUT2D eigenvalue weighted by Crippen LogP contribution is 2.52. The topological polar surface area (TPSA) is 49.8 Å². The summed E-state index contributed by atoms with van der Waals surface area (Å²) < 4.78 is 5.46. The van der Waals surface area contributed by atoms with Crippen molar-refractivity contribution < 1.29 is 14.6 Å². The molecule has 104 valence electrons. The van der Waals surface area contributed by atoms with E-state index in [4.69, 9.17) is 4.74 Å². The number of rotatable bonds is 0. The molecule has 1 saturated carbocycles. The van der Waals surface area contributed by atoms with Crippen molar-refractivity contribution in [2.45, 2.75) is 65.2 Å². The van der Waals surface area contributed by atoms with E-state index >= 15 is 0 Å². The maximum Gasteiger partial charge on any atom is 0.410 e. The molecule has 0 bridgehead atoms. The summed E-state index contributed by atoms with van der Waals surface area (Å²) in [5.74, 6) is 0.223. The van der Waals surface area contributed by atoms with Crippen LogP contribution in [0.15, 0.2) is 0 Å². The van der Waals surface area contributed by atoms with Crippen LogP contribution in [0.2, 0.25) is 0 Å². The van der Waals surface area contributed by atoms with Crippen molar-refractivity contribution in [1.82, 2.24) is 4.90 Å². The zero-order chi connectivity index (χ0) is 13.7. The second kappa shape index (κ2) is 4.12. The van der Waals surface area contributed by atoms with Crippen molar-refractivity contribution in [3.63, 3.8) is 0 Å². The second-order valence-corrected chi connectivity index (χ2v) is 7.19. The summed E-state index contributed by atoms with van der Waals surface area (Å²) in [7, 11) is 0. The highest BCUT2D eigenvalue weighted by atomic mass is 16.6. The van der Waals surface area contributed by atoms with Gasteiger partial charge in [-0.1, -0.05) is 13.8 Å². The van der Waals surface area contributed by atoms with E-state index in [-0.39, 0.29) is 29.6 Å². The SMILES string of the molecule is CC(C)(C)OC(=O)N1CCC[C@@H]2[C@H](O)C(C)(C)[C@@H]21. The number of ether oxygens (including phenoxy) is 1. The molecule has 3 atom stereocenters. The Kier molecular flexibility index (Phi) is 3.13. The minimum absolute atomic E-state index is 0.121. The number of hydrogen-bond acceptors (Lipinski definition) is 3. The highest BCUT2D eigenvalue weighted by molar-refractivity contribution is 5.69. The summed E-state index contributed by atoms with van der Waals surface area (Å²) in [5.41, 5.74) is -0.682. The van der Waals surface area contributed by atoms with Crippen LogP contribution in [0.25, 0.3) is 0 Å². The smallest absolute Gasteiger partial charge is 0.410 e. The fourth-order valence-electron chi connectivity index (χ4n) is 3.44. The molecule has 1 amide bonds. The van der Waals surface area contributed by atoms with E-state index < -0.39 is 5.60 Å². The fraction of sp³-hybridized carbons (Fsp3) is 0.929. The highest BCUT2D eigenvalue weighted by Gasteiger charge is 2.60. The second-order valence-electron chi connectivity index (χ2n) is 7.19. The third-order valence-corrected chi connectivity index (χ3v) is 4.24. The van der Waals surface area contributed by atoms with Gasteiger partial charge in [0.05, 0.1) is 6.10 Å². The van der Waals surface area contributed by atoms with Gasteiger partial charge in [-0.15, -0.1) is 0 Å². The molecule has 0 radical (unpaired) electrons. The van der Waals surface area contributed by atoms with Crippen molar-refractivity contribution in [3.8, 4) is 0 Å². The molecule has 0 aromatic rings. The van der Waals surface area contributed by atoms with Crippen molar-refractivity contribution in [2.24, 2.45) is 11.3 Å². The third-order valence-electron chi connectivity index (χ3n) is 4.24. The van der Waals surface area contributed by atoms with Crippen LogP contribution in [0.5, 0.6) is 0 Å². The Labute approximate surface area is 109 Å². The molecule has 1 N–H and O–H groups in total. The lowest BCUT2D eigenvalue weighted by atomic mass is 9.54. The number of likely N-dealkylation sites (tertiary alicyclic amines) is 1. The molecule has 4 heteroatoms. The van der Waals surface area contributed by atoms with Crippen molar-refractivity contribution >= 4 is 6.09 Å². The number of hydrogen-bond donors (Lipinski definition) is 1. The molecule has 2 aliphatic rings. The zero-order valence-corrected chi connectivity index (χ0v) is 12.1. The van der Waals surface area contributed by atoms with Gasteiger partial charge in [-0.05, 0) is 33.6 Å². The first-order valence-corrected chi connectivity index (χ1v) is 6.82. The molecule has 0 unspecified atom stereocenters. The van der Waals surface area contributed by atoms with Gasteiger partial charge >= 0.3 is 6.09 Å². The Morgan fingerprint density at radius 3 is 2.56 bits per heavy atom. The standard InChI is InChI=1S/C14H25NO3/c1-13(2,3)18-12(17)15-8-6-7-9-10(15)14(4,5)11(9)16/h9-11,16H,6-8H2,1-5H3/t9-,10+,11-/m0/s1. The van der Waals surface area contributed by atoms with E-state index in [1.165, 1.54) is 0 Å². The van der Waals surface area contributed by atoms with Crippen LogP contribution in [-0.4, -0.2) is 40.4 Å². The molecule has 1 aliphatic heterocycles. The third kappa shape index (κ3) is 2.11. The number of carbonyl (C=O) groups is 1. The normalized spacial score (nSPS) is 34.6. The van der Waals surface area contributed by atoms with Gasteiger partial charge in [0.15, 0.2) is 0 Å². The molecule has 0 spiro atoms. The summed E-state index contributed by atoms with van der Waals surface area (Å²) in [6.45, 7) is 10.4. The van der Waals surface area contributed by atoms with Crippen molar-refractivity contribution in [1.29, 1.82) is 0 Å². The van der Waals surface area contributed by atoms with Gasteiger partial charge in [0.25, 0.3) is 0 Å². The predicted molar refractivity (Wildman–Crippen MR) is 69.2 cm³/mol. The number of nitrogens with zero attached hydrogens (tertiary/aromatic N) is 1. The van der Waals surface area contributed by atoms with Crippen LogP contribution in [0, 0.1) is 11.3 Å². The molecular weight excluding hydrogens is 230 g/mol. The molecule has 1 heterocycles. The van der Waals surface area contributed by atoms with Gasteiger partial charge < -0.3 is 14.7 Å². The van der Waals surface area contributed by atoms with Gasteiger partial charge in [-0.3, -0.25) is 0 Å². The van der Waals surface area contributed by atoms with Crippen LogP contribution >= 0.6 is 0 Å². The van der Waals surface area contributed by atoms with Crippen molar-refractivity contribution in [3.05, 3.63) is 0 Å². The molecule has 18 heavy (non-hydrogen) atoms. The first-order chi connectivity index (χ1) is 8.14. The lowest BCUT2D eigenvalue weighted by Crippen LogP contribution is -2.71. The van der Waals surface area contributed by atoms with Crippen LogP contribution < -0.4 is 0 Å². The van der Waals surface area contributed by atoms with E-state index in [0.717, 1.165) is 19.4 Å². The number of fused-ring (bicyclic) bond motifs is 1. The maximum absolute atomic E-state index is 12.2. The minimum atomic E-state index is -0.462. The average Bonchev–Trinajstić information content (AvgIpc) is 2.25. The summed E-state index contributed by atoms with van der Waals surface area (Å²) in [6, 6.07) is 0.121. The number of carbonyl (C=O) groups excluding carboxylic acids is 1. The molecule has 0 aromatic heterocycles. The average molecular weight is 255 g/mol. The van der Waals surface area contributed by atoms with Crippen LogP contribution in [0.4, 0.5) is 4.79 Å². The number of piperidine rings is 1. The molecule has 2 rings (SSSR count). The lowest BCUT2D eigenvalue weighted by molar-refractivity contribution is -0.186. The van der Waals surface area contributed by atoms with Crippen molar-refractivity contribution in [2.75, 3.05) is 6.54 Å². The van der Waals surface area contributed by atoms with Gasteiger partial charge in [-0.2, -0.15) is 0 Å². The first-order valence-electron chi connectivity index (χ1n) is 6.82. The Morgan fingerprint density at radius 1 is 1.39 bits per heavy atom. The zero-order valence-electron chi connectivity index (χ0n) is 12.1. The van der Waals surface area contributed by atoms with Crippen LogP contribution in [0.1, 0.15) is 47.5 Å². The predicted octanol–water partition coefficient (Wildman–Crippen LogP) is 2.40. The number of aliphatic hydroxyl groups excluding tert-OH is 1. The van der Waals surface area contributed by atoms with E-state index in [0.29, 0.717) is 0 Å². The summed E-state index contributed by atoms with van der Waals surface area (Å²) in [4.78, 5) is 14.0. The molecule has 1 saturated heterocycles. The van der Waals surface area contributed by atoms with Gasteiger partial charge in [0.2, 0.25) is 0 Å². The van der Waals surface area contributed by atoms with Gasteiger partial charge in [0, 0.05) is 23.9 Å². The molecular formula is C14H25NO3. The Hall–Kier alpha value is -0.770. The fourth-order valence-corrected chi connectivity index (χ4v) is 3.44. The van der Waals surface area contributed by atoms with E-state index in [1.807, 2.05) is 39.5 Å². The molecule has 1 aliphatic carbocycles. The number of amides is 1. The quantitative estimate of drug-likeness (QED) is 0.723. The van der Waals surface area contributed by atoms with E-state index in [9.17, 15) is 9.90 Å². The summed E-state index contributed by atoms with van der Waals surface area (Å²) in [6.07, 6.45) is 1.42. The largest absolute Gasteiger partial charge is 0.444 e. The molecule has 2 fully saturated rings. The molecule has 0 aromatic carbocycles. The van der Waals surface area contributed by atoms with Crippen LogP contribution in [0.3, 0.4) is 0 Å². The Bertz CT molecular complexity index is 345. The Balaban J connectivity index is 2.11. The van der Waals surface area contributed by atoms with Gasteiger partial charge in [0.1, 0.15) is 5.60 Å².